The van der Waals surface area contributed by atoms with E-state index in [1.54, 1.807) is 6.92 Å². The van der Waals surface area contributed by atoms with Crippen LogP contribution in [0.25, 0.3) is 0 Å². The Morgan fingerprint density at radius 2 is 2.08 bits per heavy atom. The van der Waals surface area contributed by atoms with Crippen LogP contribution in [0.2, 0.25) is 0 Å². The quantitative estimate of drug-likeness (QED) is 0.655. The van der Waals surface area contributed by atoms with Gasteiger partial charge in [0.15, 0.2) is 0 Å². The van der Waals surface area contributed by atoms with Crippen LogP contribution in [0.4, 0.5) is 13.2 Å². The molecule has 2 nitrogen and oxygen atoms in total. The molecule has 0 heterocycles. The van der Waals surface area contributed by atoms with Gasteiger partial charge >= 0.3 is 6.18 Å². The molecule has 0 fully saturated rings. The first-order valence-electron chi connectivity index (χ1n) is 3.35. The number of alkyl halides is 3. The van der Waals surface area contributed by atoms with Crippen molar-refractivity contribution in [3.8, 4) is 0 Å². The lowest BCUT2D eigenvalue weighted by atomic mass is 10.4. The highest BCUT2D eigenvalue weighted by Gasteiger charge is 2.24. The molecule has 0 aromatic carbocycles. The minimum absolute atomic E-state index is 0.244. The summed E-state index contributed by atoms with van der Waals surface area (Å²) in [5.74, 6) is 0.960. The smallest absolute Gasteiger partial charge is 0.328 e. The van der Waals surface area contributed by atoms with Gasteiger partial charge in [-0.3, -0.25) is 4.57 Å². The summed E-state index contributed by atoms with van der Waals surface area (Å²) >= 11 is 0. The summed E-state index contributed by atoms with van der Waals surface area (Å²) in [7, 11) is -2.39. The third kappa shape index (κ3) is 7.82. The topological polar surface area (TPSA) is 26.3 Å². The van der Waals surface area contributed by atoms with E-state index < -0.39 is 20.6 Å². The number of rotatable bonds is 4. The van der Waals surface area contributed by atoms with E-state index in [1.807, 2.05) is 0 Å². The minimum Gasteiger partial charge on any atom is -0.328 e. The Balaban J connectivity index is 3.69. The Bertz CT molecular complexity index is 176. The lowest BCUT2D eigenvalue weighted by molar-refractivity contribution is -0.124. The van der Waals surface area contributed by atoms with E-state index >= 15 is 0 Å². The molecule has 0 N–H and O–H groups in total. The molecule has 0 aliphatic heterocycles. The second-order valence-corrected chi connectivity index (χ2v) is 3.23. The van der Waals surface area contributed by atoms with Crippen molar-refractivity contribution in [1.82, 2.24) is 0 Å². The number of hydrogen-bond acceptors (Lipinski definition) is 2. The molecule has 12 heavy (non-hydrogen) atoms. The lowest BCUT2D eigenvalue weighted by Crippen LogP contribution is -2.03. The third-order valence-electron chi connectivity index (χ3n) is 0.890. The molecule has 0 radical (unpaired) electrons. The Morgan fingerprint density at radius 1 is 1.50 bits per heavy atom. The Labute approximate surface area is 69.3 Å². The molecule has 0 saturated heterocycles. The highest BCUT2D eigenvalue weighted by atomic mass is 31.1. The second kappa shape index (κ2) is 5.38. The number of hydrogen-bond donors (Lipinski definition) is 0. The zero-order chi connectivity index (χ0) is 9.61. The molecular formula is C6H10F3O2P. The van der Waals surface area contributed by atoms with Crippen molar-refractivity contribution in [2.45, 2.75) is 19.5 Å². The highest BCUT2D eigenvalue weighted by Crippen LogP contribution is 2.26. The maximum atomic E-state index is 11.5. The van der Waals surface area contributed by atoms with Crippen molar-refractivity contribution >= 4 is 8.03 Å². The maximum absolute atomic E-state index is 11.5. The molecule has 0 spiro atoms. The monoisotopic (exact) mass is 202 g/mol. The van der Waals surface area contributed by atoms with Gasteiger partial charge in [0.1, 0.15) is 0 Å². The Hall–Kier alpha value is -0.280. The number of halogens is 3. The first kappa shape index (κ1) is 11.7. The summed E-state index contributed by atoms with van der Waals surface area (Å²) in [6.45, 7) is 1.87. The fourth-order valence-electron chi connectivity index (χ4n) is 0.479. The summed E-state index contributed by atoms with van der Waals surface area (Å²) < 4.78 is 49.7. The van der Waals surface area contributed by atoms with Gasteiger partial charge in [0.25, 0.3) is 0 Å². The van der Waals surface area contributed by atoms with Gasteiger partial charge in [-0.15, -0.1) is 0 Å². The fraction of sp³-hybridized carbons (Fsp3) is 0.667. The normalized spacial score (nSPS) is 15.3. The molecule has 0 amide bonds. The molecule has 1 unspecified atom stereocenters. The van der Waals surface area contributed by atoms with Crippen molar-refractivity contribution < 1.29 is 22.3 Å². The van der Waals surface area contributed by atoms with Crippen molar-refractivity contribution in [1.29, 1.82) is 0 Å². The minimum atomic E-state index is -4.23. The van der Waals surface area contributed by atoms with Crippen LogP contribution in [-0.2, 0) is 9.09 Å². The zero-order valence-corrected chi connectivity index (χ0v) is 7.52. The average Bonchev–Trinajstić information content (AvgIpc) is 1.84. The first-order valence-corrected chi connectivity index (χ1v) is 4.75. The maximum Gasteiger partial charge on any atom is 0.392 e. The van der Waals surface area contributed by atoms with E-state index in [0.717, 1.165) is 11.9 Å². The predicted molar refractivity (Wildman–Crippen MR) is 40.4 cm³/mol. The molecule has 0 rings (SSSR count). The van der Waals surface area contributed by atoms with Crippen LogP contribution < -0.4 is 0 Å². The lowest BCUT2D eigenvalue weighted by Gasteiger charge is -2.00. The SMILES string of the molecule is CCO[PH](=O)C=CCC(F)(F)F. The van der Waals surface area contributed by atoms with Crippen molar-refractivity contribution in [2.24, 2.45) is 0 Å². The van der Waals surface area contributed by atoms with E-state index in [2.05, 4.69) is 4.52 Å². The van der Waals surface area contributed by atoms with Crippen LogP contribution in [0.1, 0.15) is 13.3 Å². The van der Waals surface area contributed by atoms with Crippen LogP contribution in [0.5, 0.6) is 0 Å². The summed E-state index contributed by atoms with van der Waals surface area (Å²) in [6.07, 6.45) is -4.47. The third-order valence-corrected chi connectivity index (χ3v) is 1.97. The molecule has 6 heteroatoms. The van der Waals surface area contributed by atoms with Gasteiger partial charge in [-0.25, -0.2) is 0 Å². The molecule has 0 saturated carbocycles. The van der Waals surface area contributed by atoms with E-state index in [0.29, 0.717) is 0 Å². The van der Waals surface area contributed by atoms with Gasteiger partial charge in [-0.05, 0) is 12.7 Å². The van der Waals surface area contributed by atoms with Crippen LogP contribution in [0.3, 0.4) is 0 Å². The van der Waals surface area contributed by atoms with Gasteiger partial charge in [0.05, 0.1) is 13.0 Å². The van der Waals surface area contributed by atoms with Gasteiger partial charge in [-0.1, -0.05) is 6.08 Å². The summed E-state index contributed by atoms with van der Waals surface area (Å²) in [5, 5.41) is 0. The molecule has 0 aliphatic carbocycles. The highest BCUT2D eigenvalue weighted by molar-refractivity contribution is 7.42. The van der Waals surface area contributed by atoms with Crippen LogP contribution in [0, 0.1) is 0 Å². The largest absolute Gasteiger partial charge is 0.392 e. The summed E-state index contributed by atoms with van der Waals surface area (Å²) in [5.41, 5.74) is 0. The molecule has 0 aromatic rings. The number of allylic oxidation sites excluding steroid dienone is 1. The van der Waals surface area contributed by atoms with E-state index in [4.69, 9.17) is 0 Å². The second-order valence-electron chi connectivity index (χ2n) is 1.97. The summed E-state index contributed by atoms with van der Waals surface area (Å²) in [6, 6.07) is 0. The van der Waals surface area contributed by atoms with Crippen molar-refractivity contribution in [2.75, 3.05) is 6.61 Å². The summed E-state index contributed by atoms with van der Waals surface area (Å²) in [4.78, 5) is 0. The Morgan fingerprint density at radius 3 is 2.50 bits per heavy atom. The van der Waals surface area contributed by atoms with E-state index in [-0.39, 0.29) is 6.61 Å². The molecular weight excluding hydrogens is 192 g/mol. The van der Waals surface area contributed by atoms with Crippen LogP contribution in [0.15, 0.2) is 11.9 Å². The van der Waals surface area contributed by atoms with Crippen molar-refractivity contribution in [3.63, 3.8) is 0 Å². The molecule has 0 bridgehead atoms. The van der Waals surface area contributed by atoms with E-state index in [1.165, 1.54) is 0 Å². The van der Waals surface area contributed by atoms with Gasteiger partial charge in [0.2, 0.25) is 8.03 Å². The zero-order valence-electron chi connectivity index (χ0n) is 6.52. The average molecular weight is 202 g/mol. The molecule has 0 aromatic heterocycles. The standard InChI is InChI=1S/C6H10F3O2P/c1-2-11-12(10)5-3-4-6(7,8)9/h3,5,12H,2,4H2,1H3. The Kier molecular flexibility index (Phi) is 5.25. The fourth-order valence-corrected chi connectivity index (χ4v) is 1.17. The van der Waals surface area contributed by atoms with Gasteiger partial charge in [0, 0.05) is 0 Å². The van der Waals surface area contributed by atoms with Crippen LogP contribution >= 0.6 is 8.03 Å². The molecule has 72 valence electrons. The van der Waals surface area contributed by atoms with E-state index in [9.17, 15) is 17.7 Å². The molecule has 0 aliphatic rings. The van der Waals surface area contributed by atoms with Gasteiger partial charge < -0.3 is 4.52 Å². The first-order chi connectivity index (χ1) is 5.45. The molecule has 1 atom stereocenters. The van der Waals surface area contributed by atoms with Crippen LogP contribution in [-0.4, -0.2) is 12.8 Å². The van der Waals surface area contributed by atoms with Crippen molar-refractivity contribution in [3.05, 3.63) is 11.9 Å². The van der Waals surface area contributed by atoms with Gasteiger partial charge in [-0.2, -0.15) is 13.2 Å². The predicted octanol–water partition coefficient (Wildman–Crippen LogP) is 2.96.